The number of rotatable bonds is 6. The van der Waals surface area contributed by atoms with E-state index in [0.717, 1.165) is 15.8 Å². The Bertz CT molecular complexity index is 619. The summed E-state index contributed by atoms with van der Waals surface area (Å²) >= 11 is 2.96. The molecule has 7 heteroatoms. The summed E-state index contributed by atoms with van der Waals surface area (Å²) in [5.41, 5.74) is 0.787. The van der Waals surface area contributed by atoms with Gasteiger partial charge in [0.15, 0.2) is 5.17 Å². The standard InChI is InChI=1S/C16H21N3O2S2/c1-4-17-16-19(5-2)15(21)13(23-16)10-14(20)18-11-8-6-7-9-12(11)22-3/h6-9,13H,4-5,10H2,1-3H3,(H,18,20). The van der Waals surface area contributed by atoms with Gasteiger partial charge < -0.3 is 5.32 Å². The Morgan fingerprint density at radius 2 is 2.13 bits per heavy atom. The lowest BCUT2D eigenvalue weighted by Gasteiger charge is -2.13. The number of hydrogen-bond acceptors (Lipinski definition) is 5. The van der Waals surface area contributed by atoms with Crippen LogP contribution in [0.4, 0.5) is 5.69 Å². The predicted octanol–water partition coefficient (Wildman–Crippen LogP) is 3.08. The first kappa shape index (κ1) is 17.9. The Balaban J connectivity index is 2.03. The predicted molar refractivity (Wildman–Crippen MR) is 98.2 cm³/mol. The number of aliphatic imine (C=N–C) groups is 1. The third-order valence-corrected chi connectivity index (χ3v) is 5.39. The van der Waals surface area contributed by atoms with Crippen LogP contribution >= 0.6 is 23.5 Å². The molecule has 124 valence electrons. The van der Waals surface area contributed by atoms with Crippen LogP contribution in [0.1, 0.15) is 20.3 Å². The Hall–Kier alpha value is -1.47. The van der Waals surface area contributed by atoms with Crippen LogP contribution in [0.25, 0.3) is 0 Å². The average Bonchev–Trinajstić information content (AvgIpc) is 2.83. The summed E-state index contributed by atoms with van der Waals surface area (Å²) in [5.74, 6) is -0.177. The minimum absolute atomic E-state index is 0.0296. The molecule has 0 aliphatic carbocycles. The largest absolute Gasteiger partial charge is 0.325 e. The van der Waals surface area contributed by atoms with E-state index in [1.54, 1.807) is 16.7 Å². The third-order valence-electron chi connectivity index (χ3n) is 3.38. The van der Waals surface area contributed by atoms with E-state index in [4.69, 9.17) is 0 Å². The first-order chi connectivity index (χ1) is 11.1. The van der Waals surface area contributed by atoms with Gasteiger partial charge in [0.05, 0.1) is 5.69 Å². The lowest BCUT2D eigenvalue weighted by Crippen LogP contribution is -2.33. The van der Waals surface area contributed by atoms with Gasteiger partial charge in [0.25, 0.3) is 0 Å². The molecular weight excluding hydrogens is 330 g/mol. The molecule has 1 heterocycles. The van der Waals surface area contributed by atoms with Crippen molar-refractivity contribution in [2.24, 2.45) is 4.99 Å². The van der Waals surface area contributed by atoms with Crippen molar-refractivity contribution in [2.45, 2.75) is 30.4 Å². The molecule has 1 aromatic rings. The summed E-state index contributed by atoms with van der Waals surface area (Å²) in [6, 6.07) is 7.65. The Morgan fingerprint density at radius 3 is 2.78 bits per heavy atom. The second-order valence-corrected chi connectivity index (χ2v) is 6.92. The van der Waals surface area contributed by atoms with Crippen LogP contribution in [0.3, 0.4) is 0 Å². The van der Waals surface area contributed by atoms with Gasteiger partial charge in [-0.05, 0) is 32.2 Å². The molecule has 0 aromatic heterocycles. The number of nitrogens with one attached hydrogen (secondary N) is 1. The highest BCUT2D eigenvalue weighted by Gasteiger charge is 2.38. The lowest BCUT2D eigenvalue weighted by molar-refractivity contribution is -0.128. The fourth-order valence-electron chi connectivity index (χ4n) is 2.30. The summed E-state index contributed by atoms with van der Waals surface area (Å²) in [4.78, 5) is 31.7. The highest BCUT2D eigenvalue weighted by molar-refractivity contribution is 8.15. The van der Waals surface area contributed by atoms with Crippen molar-refractivity contribution < 1.29 is 9.59 Å². The maximum Gasteiger partial charge on any atom is 0.242 e. The minimum Gasteiger partial charge on any atom is -0.325 e. The van der Waals surface area contributed by atoms with Gasteiger partial charge in [-0.2, -0.15) is 0 Å². The maximum absolute atomic E-state index is 12.4. The number of nitrogens with zero attached hydrogens (tertiary/aromatic N) is 2. The number of carbonyl (C=O) groups excluding carboxylic acids is 2. The summed E-state index contributed by atoms with van der Waals surface area (Å²) in [6.45, 7) is 5.07. The van der Waals surface area contributed by atoms with Gasteiger partial charge in [-0.3, -0.25) is 19.5 Å². The van der Waals surface area contributed by atoms with Crippen molar-refractivity contribution in [3.05, 3.63) is 24.3 Å². The van der Waals surface area contributed by atoms with Gasteiger partial charge in [-0.15, -0.1) is 11.8 Å². The smallest absolute Gasteiger partial charge is 0.242 e. The minimum atomic E-state index is -0.387. The molecule has 1 N–H and O–H groups in total. The second-order valence-electron chi connectivity index (χ2n) is 4.90. The molecule has 1 saturated heterocycles. The monoisotopic (exact) mass is 351 g/mol. The van der Waals surface area contributed by atoms with Crippen molar-refractivity contribution in [3.8, 4) is 0 Å². The maximum atomic E-state index is 12.4. The van der Waals surface area contributed by atoms with Gasteiger partial charge in [-0.1, -0.05) is 23.9 Å². The summed E-state index contributed by atoms with van der Waals surface area (Å²) in [6.07, 6.45) is 2.12. The van der Waals surface area contributed by atoms with E-state index in [9.17, 15) is 9.59 Å². The van der Waals surface area contributed by atoms with Crippen LogP contribution in [0.15, 0.2) is 34.2 Å². The molecule has 23 heavy (non-hydrogen) atoms. The van der Waals surface area contributed by atoms with Crippen LogP contribution in [-0.4, -0.2) is 46.5 Å². The molecule has 1 aromatic carbocycles. The van der Waals surface area contributed by atoms with Gasteiger partial charge in [0.2, 0.25) is 11.8 Å². The second kappa shape index (κ2) is 8.40. The summed E-state index contributed by atoms with van der Waals surface area (Å²) in [7, 11) is 0. The van der Waals surface area contributed by atoms with E-state index >= 15 is 0 Å². The van der Waals surface area contributed by atoms with Gasteiger partial charge in [-0.25, -0.2) is 0 Å². The lowest BCUT2D eigenvalue weighted by atomic mass is 10.2. The SMILES string of the molecule is CCN=C1SC(CC(=O)Nc2ccccc2SC)C(=O)N1CC. The molecule has 0 bridgehead atoms. The fraction of sp³-hybridized carbons (Fsp3) is 0.438. The molecule has 1 aliphatic heterocycles. The summed E-state index contributed by atoms with van der Waals surface area (Å²) < 4.78 is 0. The van der Waals surface area contributed by atoms with Crippen molar-refractivity contribution in [1.82, 2.24) is 4.90 Å². The van der Waals surface area contributed by atoms with E-state index in [1.165, 1.54) is 11.8 Å². The molecule has 1 aliphatic rings. The zero-order valence-electron chi connectivity index (χ0n) is 13.5. The molecule has 2 amide bonds. The molecule has 1 fully saturated rings. The van der Waals surface area contributed by atoms with E-state index in [2.05, 4.69) is 10.3 Å². The third kappa shape index (κ3) is 4.29. The van der Waals surface area contributed by atoms with Crippen LogP contribution in [0.5, 0.6) is 0 Å². The Kier molecular flexibility index (Phi) is 6.53. The van der Waals surface area contributed by atoms with E-state index in [-0.39, 0.29) is 23.5 Å². The molecule has 0 spiro atoms. The zero-order valence-corrected chi connectivity index (χ0v) is 15.2. The van der Waals surface area contributed by atoms with Gasteiger partial charge in [0, 0.05) is 24.4 Å². The normalized spacial score (nSPS) is 19.4. The van der Waals surface area contributed by atoms with Crippen LogP contribution in [0, 0.1) is 0 Å². The first-order valence-corrected chi connectivity index (χ1v) is 9.66. The molecule has 1 unspecified atom stereocenters. The molecule has 2 rings (SSSR count). The van der Waals surface area contributed by atoms with E-state index in [1.807, 2.05) is 44.4 Å². The number of para-hydroxylation sites is 1. The van der Waals surface area contributed by atoms with Crippen LogP contribution in [-0.2, 0) is 9.59 Å². The molecule has 0 saturated carbocycles. The molecule has 0 radical (unpaired) electrons. The van der Waals surface area contributed by atoms with Crippen molar-refractivity contribution in [1.29, 1.82) is 0 Å². The number of amides is 2. The van der Waals surface area contributed by atoms with Gasteiger partial charge in [0.1, 0.15) is 5.25 Å². The quantitative estimate of drug-likeness (QED) is 0.800. The molecular formula is C16H21N3O2S2. The molecule has 5 nitrogen and oxygen atoms in total. The average molecular weight is 351 g/mol. The van der Waals surface area contributed by atoms with E-state index in [0.29, 0.717) is 13.1 Å². The molecule has 1 atom stereocenters. The van der Waals surface area contributed by atoms with Crippen molar-refractivity contribution >= 4 is 46.2 Å². The fourth-order valence-corrected chi connectivity index (χ4v) is 4.13. The number of carbonyl (C=O) groups is 2. The van der Waals surface area contributed by atoms with Gasteiger partial charge >= 0.3 is 0 Å². The Morgan fingerprint density at radius 1 is 1.39 bits per heavy atom. The van der Waals surface area contributed by atoms with Crippen LogP contribution in [0.2, 0.25) is 0 Å². The van der Waals surface area contributed by atoms with Crippen molar-refractivity contribution in [3.63, 3.8) is 0 Å². The highest BCUT2D eigenvalue weighted by atomic mass is 32.2. The number of hydrogen-bond donors (Lipinski definition) is 1. The summed E-state index contributed by atoms with van der Waals surface area (Å²) in [5, 5.41) is 3.24. The van der Waals surface area contributed by atoms with Crippen LogP contribution < -0.4 is 5.32 Å². The number of amidine groups is 1. The first-order valence-electron chi connectivity index (χ1n) is 7.56. The topological polar surface area (TPSA) is 61.8 Å². The number of anilines is 1. The van der Waals surface area contributed by atoms with Crippen molar-refractivity contribution in [2.75, 3.05) is 24.7 Å². The zero-order chi connectivity index (χ0) is 16.8. The number of thioether (sulfide) groups is 2. The number of benzene rings is 1. The highest BCUT2D eigenvalue weighted by Crippen LogP contribution is 2.30. The van der Waals surface area contributed by atoms with E-state index < -0.39 is 0 Å². The Labute approximate surface area is 145 Å².